The molecule has 1 heterocycles. The molecule has 1 saturated heterocycles. The predicted molar refractivity (Wildman–Crippen MR) is 84.0 cm³/mol. The van der Waals surface area contributed by atoms with E-state index < -0.39 is 15.3 Å². The normalized spacial score (nSPS) is 21.9. The van der Waals surface area contributed by atoms with Crippen LogP contribution in [-0.2, 0) is 14.6 Å². The first kappa shape index (κ1) is 17.7. The third-order valence-corrected chi connectivity index (χ3v) is 4.95. The van der Waals surface area contributed by atoms with Gasteiger partial charge in [0.05, 0.1) is 11.5 Å². The van der Waals surface area contributed by atoms with Gasteiger partial charge in [-0.05, 0) is 6.42 Å². The van der Waals surface area contributed by atoms with Crippen LogP contribution in [0.2, 0.25) is 0 Å². The zero-order valence-electron chi connectivity index (χ0n) is 13.2. The Morgan fingerprint density at radius 2 is 1.86 bits per heavy atom. The van der Waals surface area contributed by atoms with Crippen LogP contribution in [0.5, 0.6) is 0 Å². The molecule has 0 bridgehead atoms. The Hall–Kier alpha value is -1.31. The first-order chi connectivity index (χ1) is 9.64. The van der Waals surface area contributed by atoms with Crippen molar-refractivity contribution in [3.05, 3.63) is 0 Å². The summed E-state index contributed by atoms with van der Waals surface area (Å²) in [5.74, 6) is 0.925. The molecule has 122 valence electrons. The number of hydrogen-bond donors (Lipinski definition) is 3. The second-order valence-corrected chi connectivity index (χ2v) is 8.48. The summed E-state index contributed by atoms with van der Waals surface area (Å²) in [7, 11) is -1.27. The van der Waals surface area contributed by atoms with Gasteiger partial charge in [-0.2, -0.15) is 0 Å². The smallest absolute Gasteiger partial charge is 0.225 e. The molecule has 1 fully saturated rings. The van der Waals surface area contributed by atoms with E-state index in [0.29, 0.717) is 25.5 Å². The second-order valence-electron chi connectivity index (χ2n) is 6.25. The van der Waals surface area contributed by atoms with Crippen LogP contribution in [0.1, 0.15) is 27.2 Å². The van der Waals surface area contributed by atoms with Crippen molar-refractivity contribution in [3.63, 3.8) is 0 Å². The number of amides is 1. The van der Waals surface area contributed by atoms with E-state index in [1.807, 2.05) is 20.8 Å². The van der Waals surface area contributed by atoms with Gasteiger partial charge >= 0.3 is 0 Å². The third-order valence-electron chi connectivity index (χ3n) is 3.18. The van der Waals surface area contributed by atoms with Crippen LogP contribution in [0, 0.1) is 5.41 Å². The molecule has 1 amide bonds. The molecule has 7 nitrogen and oxygen atoms in total. The number of guanidine groups is 1. The Kier molecular flexibility index (Phi) is 6.00. The zero-order chi connectivity index (χ0) is 16.1. The van der Waals surface area contributed by atoms with Crippen LogP contribution >= 0.6 is 0 Å². The lowest BCUT2D eigenvalue weighted by molar-refractivity contribution is -0.128. The number of nitrogens with zero attached hydrogens (tertiary/aromatic N) is 1. The molecule has 1 unspecified atom stereocenters. The van der Waals surface area contributed by atoms with Gasteiger partial charge in [0.2, 0.25) is 5.91 Å². The number of hydrogen-bond acceptors (Lipinski definition) is 4. The number of aliphatic imine (C=N–C) groups is 1. The minimum absolute atomic E-state index is 0.00543. The molecule has 1 rings (SSSR count). The average Bonchev–Trinajstić information content (AvgIpc) is 2.70. The Morgan fingerprint density at radius 1 is 1.24 bits per heavy atom. The summed E-state index contributed by atoms with van der Waals surface area (Å²) in [6, 6.07) is -0.0923. The van der Waals surface area contributed by atoms with E-state index in [4.69, 9.17) is 0 Å². The van der Waals surface area contributed by atoms with Crippen molar-refractivity contribution in [2.75, 3.05) is 31.6 Å². The Balaban J connectivity index is 2.28. The van der Waals surface area contributed by atoms with Crippen LogP contribution in [0.25, 0.3) is 0 Å². The fourth-order valence-electron chi connectivity index (χ4n) is 1.92. The lowest BCUT2D eigenvalue weighted by Crippen LogP contribution is -2.46. The van der Waals surface area contributed by atoms with E-state index in [2.05, 4.69) is 20.9 Å². The summed E-state index contributed by atoms with van der Waals surface area (Å²) < 4.78 is 22.8. The van der Waals surface area contributed by atoms with E-state index >= 15 is 0 Å². The molecule has 0 aromatic carbocycles. The van der Waals surface area contributed by atoms with Gasteiger partial charge in [0.25, 0.3) is 0 Å². The third kappa shape index (κ3) is 6.33. The van der Waals surface area contributed by atoms with Crippen LogP contribution in [0.4, 0.5) is 0 Å². The second kappa shape index (κ2) is 7.11. The van der Waals surface area contributed by atoms with Crippen molar-refractivity contribution in [1.82, 2.24) is 16.0 Å². The number of sulfone groups is 1. The van der Waals surface area contributed by atoms with Crippen molar-refractivity contribution in [2.24, 2.45) is 10.4 Å². The maximum Gasteiger partial charge on any atom is 0.225 e. The molecule has 0 aromatic heterocycles. The van der Waals surface area contributed by atoms with Gasteiger partial charge in [0, 0.05) is 31.6 Å². The van der Waals surface area contributed by atoms with Crippen LogP contribution < -0.4 is 16.0 Å². The molecule has 0 aromatic rings. The highest BCUT2D eigenvalue weighted by Crippen LogP contribution is 2.12. The van der Waals surface area contributed by atoms with Crippen molar-refractivity contribution < 1.29 is 13.2 Å². The van der Waals surface area contributed by atoms with Crippen molar-refractivity contribution in [1.29, 1.82) is 0 Å². The number of carbonyl (C=O) groups excluding carboxylic acids is 1. The molecule has 8 heteroatoms. The van der Waals surface area contributed by atoms with E-state index in [-0.39, 0.29) is 23.5 Å². The van der Waals surface area contributed by atoms with Gasteiger partial charge < -0.3 is 16.0 Å². The molecular formula is C13H26N4O3S. The molecule has 1 aliphatic rings. The lowest BCUT2D eigenvalue weighted by Gasteiger charge is -2.19. The highest BCUT2D eigenvalue weighted by atomic mass is 32.2. The lowest BCUT2D eigenvalue weighted by atomic mass is 9.96. The Morgan fingerprint density at radius 3 is 2.33 bits per heavy atom. The fraction of sp³-hybridized carbons (Fsp3) is 0.846. The standard InChI is InChI=1S/C13H26N4O3S/c1-13(2,3)11(18)15-6-7-16-12(14-4)17-10-5-8-21(19,20)9-10/h10H,5-9H2,1-4H3,(H,15,18)(H2,14,16,17). The van der Waals surface area contributed by atoms with Crippen molar-refractivity contribution >= 4 is 21.7 Å². The molecular weight excluding hydrogens is 292 g/mol. The number of carbonyl (C=O) groups is 1. The van der Waals surface area contributed by atoms with Gasteiger partial charge in [0.15, 0.2) is 15.8 Å². The Bertz CT molecular complexity index is 494. The average molecular weight is 318 g/mol. The number of nitrogens with one attached hydrogen (secondary N) is 3. The summed E-state index contributed by atoms with van der Waals surface area (Å²) in [6.45, 7) is 6.59. The maximum atomic E-state index is 11.7. The topological polar surface area (TPSA) is 99.7 Å². The van der Waals surface area contributed by atoms with Gasteiger partial charge in [-0.3, -0.25) is 9.79 Å². The number of rotatable bonds is 4. The monoisotopic (exact) mass is 318 g/mol. The summed E-state index contributed by atoms with van der Waals surface area (Å²) in [5.41, 5.74) is -0.405. The van der Waals surface area contributed by atoms with Gasteiger partial charge in [-0.25, -0.2) is 8.42 Å². The minimum atomic E-state index is -2.90. The highest BCUT2D eigenvalue weighted by molar-refractivity contribution is 7.91. The minimum Gasteiger partial charge on any atom is -0.355 e. The summed E-state index contributed by atoms with van der Waals surface area (Å²) >= 11 is 0. The van der Waals surface area contributed by atoms with Gasteiger partial charge in [-0.15, -0.1) is 0 Å². The van der Waals surface area contributed by atoms with E-state index in [1.165, 1.54) is 0 Å². The van der Waals surface area contributed by atoms with E-state index in [9.17, 15) is 13.2 Å². The van der Waals surface area contributed by atoms with E-state index in [1.54, 1.807) is 7.05 Å². The fourth-order valence-corrected chi connectivity index (χ4v) is 3.59. The first-order valence-electron chi connectivity index (χ1n) is 7.10. The first-order valence-corrected chi connectivity index (χ1v) is 8.92. The van der Waals surface area contributed by atoms with E-state index in [0.717, 1.165) is 0 Å². The van der Waals surface area contributed by atoms with Crippen LogP contribution in [0.3, 0.4) is 0 Å². The SMILES string of the molecule is CN=C(NCCNC(=O)C(C)(C)C)NC1CCS(=O)(=O)C1. The molecule has 0 saturated carbocycles. The Labute approximate surface area is 126 Å². The van der Waals surface area contributed by atoms with Gasteiger partial charge in [-0.1, -0.05) is 20.8 Å². The molecule has 3 N–H and O–H groups in total. The van der Waals surface area contributed by atoms with Crippen LogP contribution in [-0.4, -0.2) is 58.0 Å². The maximum absolute atomic E-state index is 11.7. The molecule has 1 aliphatic heterocycles. The molecule has 1 atom stereocenters. The zero-order valence-corrected chi connectivity index (χ0v) is 14.0. The van der Waals surface area contributed by atoms with Crippen molar-refractivity contribution in [2.45, 2.75) is 33.2 Å². The summed E-state index contributed by atoms with van der Waals surface area (Å²) in [6.07, 6.45) is 0.601. The quantitative estimate of drug-likeness (QED) is 0.369. The largest absolute Gasteiger partial charge is 0.355 e. The van der Waals surface area contributed by atoms with Crippen LogP contribution in [0.15, 0.2) is 4.99 Å². The molecule has 0 radical (unpaired) electrons. The summed E-state index contributed by atoms with van der Waals surface area (Å²) in [5, 5.41) is 8.98. The molecule has 21 heavy (non-hydrogen) atoms. The highest BCUT2D eigenvalue weighted by Gasteiger charge is 2.28. The predicted octanol–water partition coefficient (Wildman–Crippen LogP) is -0.499. The molecule has 0 spiro atoms. The molecule has 0 aliphatic carbocycles. The van der Waals surface area contributed by atoms with Gasteiger partial charge in [0.1, 0.15) is 0 Å². The van der Waals surface area contributed by atoms with Crippen molar-refractivity contribution in [3.8, 4) is 0 Å². The summed E-state index contributed by atoms with van der Waals surface area (Å²) in [4.78, 5) is 15.7.